The second-order valence-corrected chi connectivity index (χ2v) is 5.61. The molecule has 0 aliphatic rings. The summed E-state index contributed by atoms with van der Waals surface area (Å²) in [5, 5.41) is 13.2. The molecule has 0 atom stereocenters. The van der Waals surface area contributed by atoms with Crippen LogP contribution in [0, 0.1) is 5.41 Å². The third-order valence-electron chi connectivity index (χ3n) is 3.32. The fourth-order valence-corrected chi connectivity index (χ4v) is 1.99. The van der Waals surface area contributed by atoms with Crippen LogP contribution in [0.1, 0.15) is 36.8 Å². The molecule has 3 N–H and O–H groups in total. The third kappa shape index (κ3) is 4.04. The van der Waals surface area contributed by atoms with Gasteiger partial charge in [0, 0.05) is 20.1 Å². The van der Waals surface area contributed by atoms with Crippen LogP contribution in [0.5, 0.6) is 0 Å². The van der Waals surface area contributed by atoms with E-state index in [2.05, 4.69) is 30.8 Å². The molecule has 0 aliphatic heterocycles. The van der Waals surface area contributed by atoms with E-state index in [1.54, 1.807) is 11.7 Å². The van der Waals surface area contributed by atoms with Crippen molar-refractivity contribution in [2.75, 3.05) is 19.6 Å². The lowest BCUT2D eigenvalue weighted by Gasteiger charge is -2.31. The van der Waals surface area contributed by atoms with Crippen LogP contribution in [0.4, 0.5) is 0 Å². The maximum Gasteiger partial charge on any atom is 0.339 e. The largest absolute Gasteiger partial charge is 0.478 e. The molecule has 0 fully saturated rings. The maximum absolute atomic E-state index is 11.2. The number of rotatable bonds is 7. The smallest absolute Gasteiger partial charge is 0.339 e. The first-order valence-electron chi connectivity index (χ1n) is 6.47. The lowest BCUT2D eigenvalue weighted by atomic mass is 9.93. The Hall–Kier alpha value is -1.40. The average molecular weight is 268 g/mol. The van der Waals surface area contributed by atoms with Gasteiger partial charge < -0.3 is 10.8 Å². The molecule has 6 heteroatoms. The molecule has 0 saturated carbocycles. The Morgan fingerprint density at radius 3 is 2.68 bits per heavy atom. The number of hydrogen-bond acceptors (Lipinski definition) is 4. The lowest BCUT2D eigenvalue weighted by molar-refractivity contribution is 0.0693. The Bertz CT molecular complexity index is 440. The predicted molar refractivity (Wildman–Crippen MR) is 74.0 cm³/mol. The molecule has 1 rings (SSSR count). The minimum atomic E-state index is -0.933. The summed E-state index contributed by atoms with van der Waals surface area (Å²) < 4.78 is 1.63. The first-order valence-corrected chi connectivity index (χ1v) is 6.47. The number of aryl methyl sites for hydroxylation is 1. The van der Waals surface area contributed by atoms with Crippen molar-refractivity contribution in [2.24, 2.45) is 18.2 Å². The quantitative estimate of drug-likeness (QED) is 0.768. The van der Waals surface area contributed by atoms with Crippen molar-refractivity contribution >= 4 is 5.97 Å². The van der Waals surface area contributed by atoms with Crippen LogP contribution < -0.4 is 5.73 Å². The molecule has 0 amide bonds. The Labute approximate surface area is 114 Å². The summed E-state index contributed by atoms with van der Waals surface area (Å²) >= 11 is 0. The van der Waals surface area contributed by atoms with Crippen LogP contribution in [0.25, 0.3) is 0 Å². The van der Waals surface area contributed by atoms with Gasteiger partial charge in [0.25, 0.3) is 0 Å². The van der Waals surface area contributed by atoms with Crippen LogP contribution >= 0.6 is 0 Å². The number of carbonyl (C=O) groups is 1. The van der Waals surface area contributed by atoms with Crippen molar-refractivity contribution in [3.63, 3.8) is 0 Å². The SMILES string of the molecule is CCN(Cc1c(C(=O)O)cnn1C)CC(C)(C)CN. The van der Waals surface area contributed by atoms with E-state index >= 15 is 0 Å². The summed E-state index contributed by atoms with van der Waals surface area (Å²) in [6, 6.07) is 0. The minimum Gasteiger partial charge on any atom is -0.478 e. The Morgan fingerprint density at radius 2 is 2.21 bits per heavy atom. The van der Waals surface area contributed by atoms with Gasteiger partial charge in [0.2, 0.25) is 0 Å². The Kier molecular flexibility index (Phi) is 5.08. The normalized spacial score (nSPS) is 12.1. The van der Waals surface area contributed by atoms with E-state index in [1.165, 1.54) is 6.20 Å². The second-order valence-electron chi connectivity index (χ2n) is 5.61. The highest BCUT2D eigenvalue weighted by molar-refractivity contribution is 5.88. The number of nitrogens with two attached hydrogens (primary N) is 1. The van der Waals surface area contributed by atoms with Gasteiger partial charge in [-0.05, 0) is 18.5 Å². The molecule has 19 heavy (non-hydrogen) atoms. The summed E-state index contributed by atoms with van der Waals surface area (Å²) in [7, 11) is 1.77. The number of aromatic nitrogens is 2. The van der Waals surface area contributed by atoms with Gasteiger partial charge in [-0.2, -0.15) is 5.10 Å². The molecule has 0 radical (unpaired) electrons. The topological polar surface area (TPSA) is 84.4 Å². The zero-order valence-corrected chi connectivity index (χ0v) is 12.2. The van der Waals surface area contributed by atoms with Crippen LogP contribution in [-0.4, -0.2) is 45.4 Å². The van der Waals surface area contributed by atoms with Gasteiger partial charge in [0.05, 0.1) is 11.9 Å². The number of nitrogens with zero attached hydrogens (tertiary/aromatic N) is 3. The molecule has 0 spiro atoms. The van der Waals surface area contributed by atoms with E-state index in [0.717, 1.165) is 18.8 Å². The van der Waals surface area contributed by atoms with Crippen LogP contribution in [0.2, 0.25) is 0 Å². The summed E-state index contributed by atoms with van der Waals surface area (Å²) in [6.45, 7) is 9.11. The first-order chi connectivity index (χ1) is 8.80. The summed E-state index contributed by atoms with van der Waals surface area (Å²) in [4.78, 5) is 13.3. The van der Waals surface area contributed by atoms with E-state index in [9.17, 15) is 4.79 Å². The van der Waals surface area contributed by atoms with Crippen molar-refractivity contribution in [2.45, 2.75) is 27.3 Å². The van der Waals surface area contributed by atoms with E-state index in [4.69, 9.17) is 10.8 Å². The zero-order chi connectivity index (χ0) is 14.6. The zero-order valence-electron chi connectivity index (χ0n) is 12.2. The predicted octanol–water partition coefficient (Wildman–Crippen LogP) is 0.925. The molecule has 6 nitrogen and oxygen atoms in total. The van der Waals surface area contributed by atoms with Crippen molar-refractivity contribution in [1.82, 2.24) is 14.7 Å². The van der Waals surface area contributed by atoms with E-state index < -0.39 is 5.97 Å². The van der Waals surface area contributed by atoms with Gasteiger partial charge >= 0.3 is 5.97 Å². The molecule has 0 aliphatic carbocycles. The van der Waals surface area contributed by atoms with Crippen LogP contribution in [0.3, 0.4) is 0 Å². The molecule has 0 aromatic carbocycles. The summed E-state index contributed by atoms with van der Waals surface area (Å²) in [5.74, 6) is -0.933. The minimum absolute atomic E-state index is 0.0119. The molecular weight excluding hydrogens is 244 g/mol. The van der Waals surface area contributed by atoms with Crippen molar-refractivity contribution in [3.8, 4) is 0 Å². The van der Waals surface area contributed by atoms with Gasteiger partial charge in [0.15, 0.2) is 0 Å². The number of carboxylic acids is 1. The molecular formula is C13H24N4O2. The molecule has 0 bridgehead atoms. The fraction of sp³-hybridized carbons (Fsp3) is 0.692. The number of hydrogen-bond donors (Lipinski definition) is 2. The highest BCUT2D eigenvalue weighted by atomic mass is 16.4. The molecule has 1 aromatic heterocycles. The molecule has 0 saturated heterocycles. The molecule has 108 valence electrons. The van der Waals surface area contributed by atoms with Gasteiger partial charge in [-0.3, -0.25) is 9.58 Å². The third-order valence-corrected chi connectivity index (χ3v) is 3.32. The molecule has 0 unspecified atom stereocenters. The van der Waals surface area contributed by atoms with E-state index in [1.807, 2.05) is 0 Å². The monoisotopic (exact) mass is 268 g/mol. The Morgan fingerprint density at radius 1 is 1.58 bits per heavy atom. The molecule has 1 aromatic rings. The van der Waals surface area contributed by atoms with Gasteiger partial charge in [-0.25, -0.2) is 4.79 Å². The van der Waals surface area contributed by atoms with Crippen LogP contribution in [0.15, 0.2) is 6.20 Å². The maximum atomic E-state index is 11.2. The lowest BCUT2D eigenvalue weighted by Crippen LogP contribution is -2.38. The van der Waals surface area contributed by atoms with Crippen molar-refractivity contribution in [3.05, 3.63) is 17.5 Å². The second kappa shape index (κ2) is 6.16. The van der Waals surface area contributed by atoms with Gasteiger partial charge in [0.1, 0.15) is 5.56 Å². The van der Waals surface area contributed by atoms with Crippen molar-refractivity contribution in [1.29, 1.82) is 0 Å². The Balaban J connectivity index is 2.87. The summed E-state index contributed by atoms with van der Waals surface area (Å²) in [5.41, 5.74) is 6.76. The van der Waals surface area contributed by atoms with E-state index in [0.29, 0.717) is 13.1 Å². The van der Waals surface area contributed by atoms with Crippen LogP contribution in [-0.2, 0) is 13.6 Å². The fourth-order valence-electron chi connectivity index (χ4n) is 1.99. The number of aromatic carboxylic acids is 1. The van der Waals surface area contributed by atoms with Gasteiger partial charge in [-0.1, -0.05) is 20.8 Å². The van der Waals surface area contributed by atoms with E-state index in [-0.39, 0.29) is 11.0 Å². The van der Waals surface area contributed by atoms with Crippen molar-refractivity contribution < 1.29 is 9.90 Å². The number of carboxylic acid groups (broad SMARTS) is 1. The average Bonchev–Trinajstić information content (AvgIpc) is 2.70. The van der Waals surface area contributed by atoms with Gasteiger partial charge in [-0.15, -0.1) is 0 Å². The standard InChI is InChI=1S/C13H24N4O2/c1-5-17(9-13(2,3)8-14)7-11-10(12(18)19)6-15-16(11)4/h6H,5,7-9,14H2,1-4H3,(H,18,19). The summed E-state index contributed by atoms with van der Waals surface area (Å²) in [6.07, 6.45) is 1.40. The highest BCUT2D eigenvalue weighted by Gasteiger charge is 2.22. The highest BCUT2D eigenvalue weighted by Crippen LogP contribution is 2.18. The molecule has 1 heterocycles. The first kappa shape index (κ1) is 15.7.